The Bertz CT molecular complexity index is 602. The second kappa shape index (κ2) is 4.18. The molecule has 0 radical (unpaired) electrons. The van der Waals surface area contributed by atoms with Crippen molar-refractivity contribution in [3.8, 4) is 5.75 Å². The molecule has 0 atom stereocenters. The zero-order valence-electron chi connectivity index (χ0n) is 9.85. The average molecular weight is 239 g/mol. The highest BCUT2D eigenvalue weighted by Crippen LogP contribution is 2.31. The fourth-order valence-electron chi connectivity index (χ4n) is 2.18. The number of nitrogen functional groups attached to an aromatic ring is 1. The van der Waals surface area contributed by atoms with Crippen LogP contribution in [-0.4, -0.2) is 12.4 Å². The van der Waals surface area contributed by atoms with E-state index in [1.54, 1.807) is 24.3 Å². The summed E-state index contributed by atoms with van der Waals surface area (Å²) in [6.45, 7) is 0.654. The third kappa shape index (κ3) is 1.74. The molecule has 0 aromatic heterocycles. The van der Waals surface area contributed by atoms with Crippen LogP contribution in [0.5, 0.6) is 5.75 Å². The maximum absolute atomic E-state index is 12.4. The zero-order chi connectivity index (χ0) is 12.5. The predicted molar refractivity (Wildman–Crippen MR) is 69.9 cm³/mol. The van der Waals surface area contributed by atoms with Crippen LogP contribution in [0, 0.1) is 0 Å². The molecule has 18 heavy (non-hydrogen) atoms. The number of ether oxygens (including phenoxy) is 1. The van der Waals surface area contributed by atoms with Gasteiger partial charge in [-0.05, 0) is 35.9 Å². The molecule has 1 aliphatic heterocycles. The molecule has 0 aliphatic carbocycles. The van der Waals surface area contributed by atoms with Crippen molar-refractivity contribution in [1.29, 1.82) is 0 Å². The van der Waals surface area contributed by atoms with E-state index in [0.29, 0.717) is 23.4 Å². The summed E-state index contributed by atoms with van der Waals surface area (Å²) in [6, 6.07) is 12.7. The van der Waals surface area contributed by atoms with Gasteiger partial charge in [0, 0.05) is 17.7 Å². The zero-order valence-corrected chi connectivity index (χ0v) is 9.85. The van der Waals surface area contributed by atoms with Gasteiger partial charge in [-0.25, -0.2) is 0 Å². The first-order valence-electron chi connectivity index (χ1n) is 5.90. The van der Waals surface area contributed by atoms with Gasteiger partial charge in [0.2, 0.25) is 0 Å². The second-order valence-electron chi connectivity index (χ2n) is 4.34. The number of para-hydroxylation sites is 1. The van der Waals surface area contributed by atoms with Crippen molar-refractivity contribution in [3.05, 3.63) is 59.2 Å². The highest BCUT2D eigenvalue weighted by molar-refractivity contribution is 6.11. The summed E-state index contributed by atoms with van der Waals surface area (Å²) >= 11 is 0. The van der Waals surface area contributed by atoms with Gasteiger partial charge >= 0.3 is 0 Å². The van der Waals surface area contributed by atoms with Gasteiger partial charge in [-0.2, -0.15) is 0 Å². The Morgan fingerprint density at radius 1 is 1.11 bits per heavy atom. The minimum atomic E-state index is -0.0197. The number of rotatable bonds is 2. The Hall–Kier alpha value is -2.29. The van der Waals surface area contributed by atoms with Crippen LogP contribution in [0.1, 0.15) is 21.5 Å². The van der Waals surface area contributed by atoms with E-state index in [1.807, 2.05) is 18.2 Å². The Balaban J connectivity index is 2.03. The molecule has 0 amide bonds. The van der Waals surface area contributed by atoms with E-state index in [0.717, 1.165) is 17.7 Å². The Labute approximate surface area is 105 Å². The third-order valence-corrected chi connectivity index (χ3v) is 3.13. The first-order valence-corrected chi connectivity index (χ1v) is 5.90. The van der Waals surface area contributed by atoms with Crippen LogP contribution < -0.4 is 10.5 Å². The number of carbonyl (C=O) groups excluding carboxylic acids is 1. The number of fused-ring (bicyclic) bond motifs is 1. The summed E-state index contributed by atoms with van der Waals surface area (Å²) in [5.74, 6) is 0.716. The number of hydrogen-bond donors (Lipinski definition) is 1. The molecule has 0 fully saturated rings. The Kier molecular flexibility index (Phi) is 2.52. The molecule has 0 saturated carbocycles. The summed E-state index contributed by atoms with van der Waals surface area (Å²) < 4.78 is 5.55. The second-order valence-corrected chi connectivity index (χ2v) is 4.34. The third-order valence-electron chi connectivity index (χ3n) is 3.13. The number of carbonyl (C=O) groups is 1. The molecule has 0 bridgehead atoms. The van der Waals surface area contributed by atoms with Crippen molar-refractivity contribution in [1.82, 2.24) is 0 Å². The van der Waals surface area contributed by atoms with E-state index in [4.69, 9.17) is 10.5 Å². The lowest BCUT2D eigenvalue weighted by atomic mass is 10.00. The summed E-state index contributed by atoms with van der Waals surface area (Å²) in [6.07, 6.45) is 0.873. The number of benzene rings is 2. The van der Waals surface area contributed by atoms with Crippen molar-refractivity contribution in [3.63, 3.8) is 0 Å². The SMILES string of the molecule is Nc1ccc(C(=O)c2cccc3c2OCC3)cc1. The van der Waals surface area contributed by atoms with Crippen LogP contribution in [-0.2, 0) is 6.42 Å². The molecule has 2 aromatic carbocycles. The summed E-state index contributed by atoms with van der Waals surface area (Å²) in [5, 5.41) is 0. The van der Waals surface area contributed by atoms with E-state index in [1.165, 1.54) is 0 Å². The van der Waals surface area contributed by atoms with Crippen LogP contribution in [0.3, 0.4) is 0 Å². The number of hydrogen-bond acceptors (Lipinski definition) is 3. The van der Waals surface area contributed by atoms with Crippen molar-refractivity contribution in [2.75, 3.05) is 12.3 Å². The molecular weight excluding hydrogens is 226 g/mol. The predicted octanol–water partition coefficient (Wildman–Crippen LogP) is 2.43. The highest BCUT2D eigenvalue weighted by atomic mass is 16.5. The minimum Gasteiger partial charge on any atom is -0.492 e. The Morgan fingerprint density at radius 3 is 2.67 bits per heavy atom. The van der Waals surface area contributed by atoms with Gasteiger partial charge in [0.05, 0.1) is 12.2 Å². The lowest BCUT2D eigenvalue weighted by molar-refractivity contribution is 0.103. The van der Waals surface area contributed by atoms with Crippen molar-refractivity contribution < 1.29 is 9.53 Å². The first kappa shape index (κ1) is 10.8. The van der Waals surface area contributed by atoms with Crippen molar-refractivity contribution in [2.24, 2.45) is 0 Å². The molecule has 1 heterocycles. The summed E-state index contributed by atoms with van der Waals surface area (Å²) in [4.78, 5) is 12.4. The van der Waals surface area contributed by atoms with Crippen LogP contribution in [0.4, 0.5) is 5.69 Å². The molecule has 2 N–H and O–H groups in total. The Morgan fingerprint density at radius 2 is 1.89 bits per heavy atom. The molecule has 0 unspecified atom stereocenters. The largest absolute Gasteiger partial charge is 0.492 e. The maximum Gasteiger partial charge on any atom is 0.196 e. The van der Waals surface area contributed by atoms with Gasteiger partial charge in [0.1, 0.15) is 5.75 Å². The fraction of sp³-hybridized carbons (Fsp3) is 0.133. The van der Waals surface area contributed by atoms with E-state index in [9.17, 15) is 4.79 Å². The molecule has 2 aromatic rings. The summed E-state index contributed by atoms with van der Waals surface area (Å²) in [5.41, 5.74) is 8.65. The average Bonchev–Trinajstić information content (AvgIpc) is 2.87. The van der Waals surface area contributed by atoms with E-state index < -0.39 is 0 Å². The van der Waals surface area contributed by atoms with Gasteiger partial charge in [-0.15, -0.1) is 0 Å². The molecule has 0 saturated heterocycles. The van der Waals surface area contributed by atoms with Gasteiger partial charge < -0.3 is 10.5 Å². The topological polar surface area (TPSA) is 52.3 Å². The lowest BCUT2D eigenvalue weighted by Gasteiger charge is -2.07. The number of ketones is 1. The normalized spacial score (nSPS) is 12.9. The van der Waals surface area contributed by atoms with Crippen LogP contribution in [0.25, 0.3) is 0 Å². The van der Waals surface area contributed by atoms with Crippen molar-refractivity contribution in [2.45, 2.75) is 6.42 Å². The van der Waals surface area contributed by atoms with Crippen molar-refractivity contribution >= 4 is 11.5 Å². The smallest absolute Gasteiger partial charge is 0.196 e. The number of nitrogens with two attached hydrogens (primary N) is 1. The van der Waals surface area contributed by atoms with E-state index >= 15 is 0 Å². The molecule has 3 heteroatoms. The lowest BCUT2D eigenvalue weighted by Crippen LogP contribution is -2.03. The molecule has 3 rings (SSSR count). The quantitative estimate of drug-likeness (QED) is 0.647. The van der Waals surface area contributed by atoms with E-state index in [2.05, 4.69) is 0 Å². The fourth-order valence-corrected chi connectivity index (χ4v) is 2.18. The van der Waals surface area contributed by atoms with Gasteiger partial charge in [-0.3, -0.25) is 4.79 Å². The first-order chi connectivity index (χ1) is 8.75. The maximum atomic E-state index is 12.4. The van der Waals surface area contributed by atoms with Crippen LogP contribution in [0.15, 0.2) is 42.5 Å². The highest BCUT2D eigenvalue weighted by Gasteiger charge is 2.21. The molecule has 3 nitrogen and oxygen atoms in total. The standard InChI is InChI=1S/C15H13NO2/c16-12-6-4-10(5-7-12)14(17)13-3-1-2-11-8-9-18-15(11)13/h1-7H,8-9,16H2. The van der Waals surface area contributed by atoms with Gasteiger partial charge in [0.25, 0.3) is 0 Å². The molecule has 0 spiro atoms. The molecule has 90 valence electrons. The number of anilines is 1. The van der Waals surface area contributed by atoms with Gasteiger partial charge in [0.15, 0.2) is 5.78 Å². The monoisotopic (exact) mass is 239 g/mol. The van der Waals surface area contributed by atoms with Gasteiger partial charge in [-0.1, -0.05) is 12.1 Å². The van der Waals surface area contributed by atoms with Crippen LogP contribution >= 0.6 is 0 Å². The van der Waals surface area contributed by atoms with Crippen LogP contribution in [0.2, 0.25) is 0 Å². The molecular formula is C15H13NO2. The minimum absolute atomic E-state index is 0.0197. The van der Waals surface area contributed by atoms with E-state index in [-0.39, 0.29) is 5.78 Å². The summed E-state index contributed by atoms with van der Waals surface area (Å²) in [7, 11) is 0. The molecule has 1 aliphatic rings.